The Labute approximate surface area is 250 Å². The van der Waals surface area contributed by atoms with E-state index in [1.807, 2.05) is 0 Å². The summed E-state index contributed by atoms with van der Waals surface area (Å²) >= 11 is 0. The molecule has 0 aliphatic heterocycles. The minimum absolute atomic E-state index is 0.256. The highest BCUT2D eigenvalue weighted by molar-refractivity contribution is 5.73. The molecule has 0 aromatic heterocycles. The van der Waals surface area contributed by atoms with Gasteiger partial charge in [-0.2, -0.15) is 0 Å². The van der Waals surface area contributed by atoms with E-state index in [1.165, 1.54) is 64.2 Å². The Balaban J connectivity index is 3.26. The first-order valence-electron chi connectivity index (χ1n) is 16.4. The first-order chi connectivity index (χ1) is 20.2. The van der Waals surface area contributed by atoms with Crippen molar-refractivity contribution in [2.75, 3.05) is 79.3 Å². The third-order valence-corrected chi connectivity index (χ3v) is 6.27. The number of rotatable bonds is 34. The van der Waals surface area contributed by atoms with E-state index in [1.54, 1.807) is 0 Å². The molecule has 0 unspecified atom stereocenters. The summed E-state index contributed by atoms with van der Waals surface area (Å²) in [5.74, 6) is -1.02. The molecule has 0 N–H and O–H groups in total. The van der Waals surface area contributed by atoms with Gasteiger partial charge in [-0.05, 0) is 25.7 Å². The summed E-state index contributed by atoms with van der Waals surface area (Å²) in [6, 6.07) is 0. The van der Waals surface area contributed by atoms with Crippen LogP contribution in [0.25, 0.3) is 0 Å². The molecule has 9 heteroatoms. The molecule has 0 bridgehead atoms. The average Bonchev–Trinajstić information content (AvgIpc) is 2.97. The number of hydrogen-bond donors (Lipinski definition) is 0. The van der Waals surface area contributed by atoms with Crippen molar-refractivity contribution in [3.05, 3.63) is 0 Å². The van der Waals surface area contributed by atoms with Gasteiger partial charge in [-0.25, -0.2) is 9.59 Å². The standard InChI is InChI=1S/C32H62O9/c1-3-5-7-9-11-13-19-35-21-15-23-37-25-17-27-40-31(33)29-39-30-32(34)41-28-18-26-38-24-16-22-36-20-14-12-10-8-6-4-2/h3-30H2,1-2H3. The van der Waals surface area contributed by atoms with Crippen molar-refractivity contribution in [2.45, 2.75) is 117 Å². The fraction of sp³-hybridized carbons (Fsp3) is 0.938. The van der Waals surface area contributed by atoms with E-state index in [0.717, 1.165) is 38.9 Å². The van der Waals surface area contributed by atoms with Crippen LogP contribution in [0.4, 0.5) is 0 Å². The van der Waals surface area contributed by atoms with Crippen LogP contribution in [0.3, 0.4) is 0 Å². The molecule has 0 aliphatic rings. The minimum Gasteiger partial charge on any atom is -0.464 e. The Kier molecular flexibility index (Phi) is 33.9. The van der Waals surface area contributed by atoms with Crippen LogP contribution in [0.1, 0.15) is 117 Å². The van der Waals surface area contributed by atoms with Crippen molar-refractivity contribution in [3.8, 4) is 0 Å². The molecule has 0 amide bonds. The lowest BCUT2D eigenvalue weighted by molar-refractivity contribution is -0.155. The third kappa shape index (κ3) is 34.8. The lowest BCUT2D eigenvalue weighted by Gasteiger charge is -2.08. The number of carbonyl (C=O) groups excluding carboxylic acids is 2. The molecule has 0 radical (unpaired) electrons. The first-order valence-corrected chi connectivity index (χ1v) is 16.4. The molecule has 41 heavy (non-hydrogen) atoms. The van der Waals surface area contributed by atoms with Gasteiger partial charge in [0.15, 0.2) is 0 Å². The van der Waals surface area contributed by atoms with E-state index >= 15 is 0 Å². The molecular formula is C32H62O9. The molecule has 0 aliphatic carbocycles. The normalized spacial score (nSPS) is 11.2. The molecule has 0 saturated heterocycles. The van der Waals surface area contributed by atoms with Gasteiger partial charge in [0.2, 0.25) is 0 Å². The van der Waals surface area contributed by atoms with Gasteiger partial charge >= 0.3 is 11.9 Å². The summed E-state index contributed by atoms with van der Waals surface area (Å²) < 4.78 is 37.5. The SMILES string of the molecule is CCCCCCCCOCCCOCCCOC(=O)COCC(=O)OCCCOCCCOCCCCCCCC. The number of hydrogen-bond acceptors (Lipinski definition) is 9. The molecular weight excluding hydrogens is 528 g/mol. The van der Waals surface area contributed by atoms with Gasteiger partial charge in [0, 0.05) is 65.7 Å². The van der Waals surface area contributed by atoms with Crippen molar-refractivity contribution >= 4 is 11.9 Å². The minimum atomic E-state index is -0.509. The molecule has 0 spiro atoms. The molecule has 0 heterocycles. The zero-order valence-electron chi connectivity index (χ0n) is 26.5. The van der Waals surface area contributed by atoms with Crippen molar-refractivity contribution in [2.24, 2.45) is 0 Å². The zero-order chi connectivity index (χ0) is 29.9. The van der Waals surface area contributed by atoms with Crippen molar-refractivity contribution in [1.82, 2.24) is 0 Å². The Hall–Kier alpha value is -1.26. The molecule has 244 valence electrons. The predicted molar refractivity (Wildman–Crippen MR) is 161 cm³/mol. The van der Waals surface area contributed by atoms with Crippen LogP contribution in [0.2, 0.25) is 0 Å². The van der Waals surface area contributed by atoms with Gasteiger partial charge in [0.05, 0.1) is 13.2 Å². The molecule has 0 saturated carbocycles. The monoisotopic (exact) mass is 590 g/mol. The lowest BCUT2D eigenvalue weighted by Crippen LogP contribution is -2.19. The molecule has 9 nitrogen and oxygen atoms in total. The predicted octanol–water partition coefficient (Wildman–Crippen LogP) is 6.44. The van der Waals surface area contributed by atoms with E-state index < -0.39 is 11.9 Å². The molecule has 0 aromatic carbocycles. The highest BCUT2D eigenvalue weighted by Crippen LogP contribution is 2.06. The maximum absolute atomic E-state index is 11.7. The Morgan fingerprint density at radius 2 is 0.634 bits per heavy atom. The van der Waals surface area contributed by atoms with Gasteiger partial charge in [0.25, 0.3) is 0 Å². The maximum Gasteiger partial charge on any atom is 0.332 e. The van der Waals surface area contributed by atoms with E-state index in [2.05, 4.69) is 13.8 Å². The van der Waals surface area contributed by atoms with Gasteiger partial charge in [0.1, 0.15) is 13.2 Å². The highest BCUT2D eigenvalue weighted by atomic mass is 16.6. The van der Waals surface area contributed by atoms with Gasteiger partial charge in [-0.15, -0.1) is 0 Å². The van der Waals surface area contributed by atoms with Crippen LogP contribution >= 0.6 is 0 Å². The van der Waals surface area contributed by atoms with E-state index in [9.17, 15) is 9.59 Å². The molecule has 0 atom stereocenters. The second-order valence-corrected chi connectivity index (χ2v) is 10.3. The Morgan fingerprint density at radius 1 is 0.341 bits per heavy atom. The second kappa shape index (κ2) is 34.9. The quantitative estimate of drug-likeness (QED) is 0.0619. The van der Waals surface area contributed by atoms with E-state index in [0.29, 0.717) is 52.5 Å². The summed E-state index contributed by atoms with van der Waals surface area (Å²) in [5, 5.41) is 0. The molecule has 0 fully saturated rings. The first kappa shape index (κ1) is 39.7. The number of esters is 2. The number of carbonyl (C=O) groups is 2. The summed E-state index contributed by atoms with van der Waals surface area (Å²) in [6.45, 7) is 9.80. The van der Waals surface area contributed by atoms with Crippen molar-refractivity contribution in [3.63, 3.8) is 0 Å². The second-order valence-electron chi connectivity index (χ2n) is 10.3. The number of ether oxygens (including phenoxy) is 7. The summed E-state index contributed by atoms with van der Waals surface area (Å²) in [4.78, 5) is 23.4. The Bertz CT molecular complexity index is 499. The smallest absolute Gasteiger partial charge is 0.332 e. The summed E-state index contributed by atoms with van der Waals surface area (Å²) in [5.41, 5.74) is 0. The fourth-order valence-corrected chi connectivity index (χ4v) is 3.90. The van der Waals surface area contributed by atoms with Crippen LogP contribution in [0, 0.1) is 0 Å². The van der Waals surface area contributed by atoms with Crippen LogP contribution in [-0.4, -0.2) is 91.2 Å². The van der Waals surface area contributed by atoms with Crippen molar-refractivity contribution in [1.29, 1.82) is 0 Å². The maximum atomic E-state index is 11.7. The van der Waals surface area contributed by atoms with E-state index in [4.69, 9.17) is 33.2 Å². The largest absolute Gasteiger partial charge is 0.464 e. The van der Waals surface area contributed by atoms with Crippen LogP contribution in [-0.2, 0) is 42.7 Å². The average molecular weight is 591 g/mol. The van der Waals surface area contributed by atoms with Crippen LogP contribution < -0.4 is 0 Å². The van der Waals surface area contributed by atoms with Gasteiger partial charge in [-0.1, -0.05) is 78.1 Å². The zero-order valence-corrected chi connectivity index (χ0v) is 26.5. The Morgan fingerprint density at radius 3 is 1.00 bits per heavy atom. The summed E-state index contributed by atoms with van der Waals surface area (Å²) in [6.07, 6.45) is 18.2. The van der Waals surface area contributed by atoms with E-state index in [-0.39, 0.29) is 26.4 Å². The summed E-state index contributed by atoms with van der Waals surface area (Å²) in [7, 11) is 0. The molecule has 0 rings (SSSR count). The topological polar surface area (TPSA) is 98.8 Å². The fourth-order valence-electron chi connectivity index (χ4n) is 3.90. The third-order valence-electron chi connectivity index (χ3n) is 6.27. The van der Waals surface area contributed by atoms with Crippen LogP contribution in [0.15, 0.2) is 0 Å². The lowest BCUT2D eigenvalue weighted by atomic mass is 10.1. The molecule has 0 aromatic rings. The highest BCUT2D eigenvalue weighted by Gasteiger charge is 2.07. The van der Waals surface area contributed by atoms with Crippen molar-refractivity contribution < 1.29 is 42.7 Å². The van der Waals surface area contributed by atoms with Gasteiger partial charge < -0.3 is 33.2 Å². The van der Waals surface area contributed by atoms with Gasteiger partial charge in [-0.3, -0.25) is 0 Å². The number of unbranched alkanes of at least 4 members (excludes halogenated alkanes) is 10. The van der Waals surface area contributed by atoms with Crippen LogP contribution in [0.5, 0.6) is 0 Å².